The van der Waals surface area contributed by atoms with Gasteiger partial charge in [-0.25, -0.2) is 0 Å². The van der Waals surface area contributed by atoms with Gasteiger partial charge in [0.1, 0.15) is 5.82 Å². The van der Waals surface area contributed by atoms with Crippen LogP contribution in [-0.4, -0.2) is 30.7 Å². The van der Waals surface area contributed by atoms with Crippen LogP contribution < -0.4 is 15.8 Å². The van der Waals surface area contributed by atoms with Crippen molar-refractivity contribution in [1.82, 2.24) is 10.3 Å². The molecule has 1 atom stereocenters. The van der Waals surface area contributed by atoms with E-state index in [4.69, 9.17) is 0 Å². The zero-order valence-corrected chi connectivity index (χ0v) is 10.8. The van der Waals surface area contributed by atoms with Crippen LogP contribution >= 0.6 is 0 Å². The molecule has 2 rings (SSSR count). The summed E-state index contributed by atoms with van der Waals surface area (Å²) < 4.78 is 0. The molecule has 1 saturated heterocycles. The molecule has 4 nitrogen and oxygen atoms in total. The molecule has 2 N–H and O–H groups in total. The Balaban J connectivity index is 2.28. The van der Waals surface area contributed by atoms with Gasteiger partial charge in [-0.2, -0.15) is 0 Å². The summed E-state index contributed by atoms with van der Waals surface area (Å²) in [6.45, 7) is 9.13. The minimum Gasteiger partial charge on any atom is -0.353 e. The topological polar surface area (TPSA) is 48.1 Å². The second-order valence-corrected chi connectivity index (χ2v) is 5.03. The smallest absolute Gasteiger partial charge is 0.252 e. The Morgan fingerprint density at radius 1 is 1.41 bits per heavy atom. The normalized spacial score (nSPS) is 20.9. The van der Waals surface area contributed by atoms with Gasteiger partial charge in [-0.3, -0.25) is 4.79 Å². The number of anilines is 1. The number of aromatic amines is 1. The van der Waals surface area contributed by atoms with Crippen LogP contribution in [0.2, 0.25) is 0 Å². The molecule has 0 bridgehead atoms. The highest BCUT2D eigenvalue weighted by molar-refractivity contribution is 5.41. The van der Waals surface area contributed by atoms with Gasteiger partial charge < -0.3 is 15.2 Å². The monoisotopic (exact) mass is 235 g/mol. The predicted octanol–water partition coefficient (Wildman–Crippen LogP) is 1.30. The molecule has 1 aliphatic rings. The molecule has 0 aromatic carbocycles. The molecule has 0 radical (unpaired) electrons. The van der Waals surface area contributed by atoms with Gasteiger partial charge in [0.2, 0.25) is 0 Å². The van der Waals surface area contributed by atoms with Gasteiger partial charge in [0, 0.05) is 31.2 Å². The molecule has 4 heteroatoms. The third-order valence-corrected chi connectivity index (χ3v) is 3.36. The van der Waals surface area contributed by atoms with Gasteiger partial charge in [-0.15, -0.1) is 0 Å². The lowest BCUT2D eigenvalue weighted by atomic mass is 10.1. The number of nitrogens with one attached hydrogen (secondary N) is 2. The van der Waals surface area contributed by atoms with Crippen molar-refractivity contribution in [2.75, 3.05) is 24.5 Å². The first kappa shape index (κ1) is 12.2. The maximum Gasteiger partial charge on any atom is 0.252 e. The molecule has 0 unspecified atom stereocenters. The van der Waals surface area contributed by atoms with E-state index < -0.39 is 0 Å². The van der Waals surface area contributed by atoms with Gasteiger partial charge in [-0.05, 0) is 25.0 Å². The summed E-state index contributed by atoms with van der Waals surface area (Å²) in [4.78, 5) is 17.2. The van der Waals surface area contributed by atoms with Crippen LogP contribution in [-0.2, 0) is 0 Å². The largest absolute Gasteiger partial charge is 0.353 e. The number of hydrogen-bond acceptors (Lipinski definition) is 3. The molecule has 0 saturated carbocycles. The molecule has 0 aliphatic carbocycles. The molecule has 0 amide bonds. The average molecular weight is 235 g/mol. The van der Waals surface area contributed by atoms with Crippen LogP contribution in [0.15, 0.2) is 16.9 Å². The summed E-state index contributed by atoms with van der Waals surface area (Å²) in [5.41, 5.74) is 0.903. The number of H-pyrrole nitrogens is 1. The van der Waals surface area contributed by atoms with E-state index in [1.165, 1.54) is 0 Å². The van der Waals surface area contributed by atoms with E-state index in [9.17, 15) is 4.79 Å². The minimum absolute atomic E-state index is 0.0447. The van der Waals surface area contributed by atoms with Crippen molar-refractivity contribution < 1.29 is 0 Å². The summed E-state index contributed by atoms with van der Waals surface area (Å²) in [6.07, 6.45) is 0. The average Bonchev–Trinajstić information content (AvgIpc) is 2.29. The molecular weight excluding hydrogens is 214 g/mol. The zero-order valence-electron chi connectivity index (χ0n) is 10.8. The van der Waals surface area contributed by atoms with Crippen LogP contribution in [0.4, 0.5) is 5.82 Å². The summed E-state index contributed by atoms with van der Waals surface area (Å²) in [6, 6.07) is 4.40. The number of aromatic nitrogens is 1. The lowest BCUT2D eigenvalue weighted by Crippen LogP contribution is -2.50. The SMILES string of the molecule is CC(C)c1ccc(N2CCNC[C@@H]2C)[nH]c1=O. The third-order valence-electron chi connectivity index (χ3n) is 3.36. The van der Waals surface area contributed by atoms with Gasteiger partial charge in [0.15, 0.2) is 0 Å². The minimum atomic E-state index is 0.0447. The molecule has 17 heavy (non-hydrogen) atoms. The van der Waals surface area contributed by atoms with E-state index in [1.54, 1.807) is 0 Å². The number of rotatable bonds is 2. The first-order chi connectivity index (χ1) is 8.09. The Bertz CT molecular complexity index is 439. The van der Waals surface area contributed by atoms with E-state index in [0.717, 1.165) is 31.0 Å². The summed E-state index contributed by atoms with van der Waals surface area (Å²) in [7, 11) is 0. The molecule has 0 spiro atoms. The van der Waals surface area contributed by atoms with Gasteiger partial charge in [0.25, 0.3) is 5.56 Å². The number of pyridine rings is 1. The van der Waals surface area contributed by atoms with Crippen LogP contribution in [0, 0.1) is 0 Å². The summed E-state index contributed by atoms with van der Waals surface area (Å²) in [5.74, 6) is 1.21. The van der Waals surface area contributed by atoms with E-state index >= 15 is 0 Å². The molecular formula is C13H21N3O. The van der Waals surface area contributed by atoms with E-state index in [-0.39, 0.29) is 11.5 Å². The second kappa shape index (κ2) is 4.92. The highest BCUT2D eigenvalue weighted by Gasteiger charge is 2.19. The Morgan fingerprint density at radius 3 is 2.76 bits per heavy atom. The van der Waals surface area contributed by atoms with Crippen LogP contribution in [0.25, 0.3) is 0 Å². The Morgan fingerprint density at radius 2 is 2.18 bits per heavy atom. The Labute approximate surface area is 102 Å². The van der Waals surface area contributed by atoms with E-state index in [2.05, 4.69) is 22.1 Å². The van der Waals surface area contributed by atoms with Crippen molar-refractivity contribution in [1.29, 1.82) is 0 Å². The highest BCUT2D eigenvalue weighted by Crippen LogP contribution is 2.16. The summed E-state index contributed by atoms with van der Waals surface area (Å²) in [5, 5.41) is 3.34. The molecule has 1 fully saturated rings. The highest BCUT2D eigenvalue weighted by atomic mass is 16.1. The number of piperazine rings is 1. The van der Waals surface area contributed by atoms with Crippen molar-refractivity contribution in [3.63, 3.8) is 0 Å². The first-order valence-electron chi connectivity index (χ1n) is 6.30. The van der Waals surface area contributed by atoms with Crippen LogP contribution in [0.1, 0.15) is 32.3 Å². The third kappa shape index (κ3) is 2.52. The molecule has 94 valence electrons. The quantitative estimate of drug-likeness (QED) is 0.812. The number of hydrogen-bond donors (Lipinski definition) is 2. The van der Waals surface area contributed by atoms with Gasteiger partial charge in [-0.1, -0.05) is 13.8 Å². The van der Waals surface area contributed by atoms with Crippen molar-refractivity contribution in [3.05, 3.63) is 28.0 Å². The maximum absolute atomic E-state index is 11.9. The predicted molar refractivity (Wildman–Crippen MR) is 70.8 cm³/mol. The van der Waals surface area contributed by atoms with E-state index in [1.807, 2.05) is 26.0 Å². The molecule has 1 aliphatic heterocycles. The Kier molecular flexibility index (Phi) is 3.52. The lowest BCUT2D eigenvalue weighted by Gasteiger charge is -2.35. The van der Waals surface area contributed by atoms with Crippen LogP contribution in [0.5, 0.6) is 0 Å². The fraction of sp³-hybridized carbons (Fsp3) is 0.615. The zero-order chi connectivity index (χ0) is 12.4. The Hall–Kier alpha value is -1.29. The van der Waals surface area contributed by atoms with Gasteiger partial charge >= 0.3 is 0 Å². The van der Waals surface area contributed by atoms with Crippen molar-refractivity contribution in [3.8, 4) is 0 Å². The van der Waals surface area contributed by atoms with Crippen molar-refractivity contribution >= 4 is 5.82 Å². The summed E-state index contributed by atoms with van der Waals surface area (Å²) >= 11 is 0. The van der Waals surface area contributed by atoms with Crippen molar-refractivity contribution in [2.24, 2.45) is 0 Å². The lowest BCUT2D eigenvalue weighted by molar-refractivity contribution is 0.496. The molecule has 2 heterocycles. The van der Waals surface area contributed by atoms with Crippen LogP contribution in [0.3, 0.4) is 0 Å². The second-order valence-electron chi connectivity index (χ2n) is 5.03. The first-order valence-corrected chi connectivity index (χ1v) is 6.30. The standard InChI is InChI=1S/C13H21N3O/c1-9(2)11-4-5-12(15-13(11)17)16-7-6-14-8-10(16)3/h4-5,9-10,14H,6-8H2,1-3H3,(H,15,17)/t10-/m0/s1. The van der Waals surface area contributed by atoms with E-state index in [0.29, 0.717) is 6.04 Å². The van der Waals surface area contributed by atoms with Gasteiger partial charge in [0.05, 0.1) is 0 Å². The molecule has 1 aromatic heterocycles. The molecule has 1 aromatic rings. The number of nitrogens with zero attached hydrogens (tertiary/aromatic N) is 1. The maximum atomic E-state index is 11.9. The van der Waals surface area contributed by atoms with Crippen molar-refractivity contribution in [2.45, 2.75) is 32.7 Å². The fourth-order valence-electron chi connectivity index (χ4n) is 2.30. The fourth-order valence-corrected chi connectivity index (χ4v) is 2.30.